The van der Waals surface area contributed by atoms with Crippen LogP contribution < -0.4 is 4.74 Å². The number of aliphatic hydroxyl groups excluding tert-OH is 2. The van der Waals surface area contributed by atoms with E-state index >= 15 is 0 Å². The first-order chi connectivity index (χ1) is 7.74. The molecule has 0 fully saturated rings. The van der Waals surface area contributed by atoms with Gasteiger partial charge in [-0.1, -0.05) is 24.3 Å². The number of methoxy groups -OCH3 is 1. The Morgan fingerprint density at radius 2 is 2.19 bits per heavy atom. The average Bonchev–Trinajstić information content (AvgIpc) is 2.34. The van der Waals surface area contributed by atoms with Crippen molar-refractivity contribution in [2.45, 2.75) is 26.1 Å². The highest BCUT2D eigenvalue weighted by molar-refractivity contribution is 5.41. The van der Waals surface area contributed by atoms with E-state index in [0.29, 0.717) is 17.7 Å². The third-order valence-electron chi connectivity index (χ3n) is 2.50. The maximum absolute atomic E-state index is 9.97. The van der Waals surface area contributed by atoms with Crippen molar-refractivity contribution in [3.8, 4) is 5.75 Å². The highest BCUT2D eigenvalue weighted by Gasteiger charge is 2.14. The summed E-state index contributed by atoms with van der Waals surface area (Å²) in [5.74, 6) is 0.611. The summed E-state index contributed by atoms with van der Waals surface area (Å²) < 4.78 is 5.14. The first-order valence-electron chi connectivity index (χ1n) is 5.30. The van der Waals surface area contributed by atoms with Gasteiger partial charge in [-0.2, -0.15) is 0 Å². The van der Waals surface area contributed by atoms with E-state index in [0.717, 1.165) is 5.56 Å². The summed E-state index contributed by atoms with van der Waals surface area (Å²) in [6.45, 7) is 1.78. The van der Waals surface area contributed by atoms with Gasteiger partial charge in [0, 0.05) is 5.56 Å². The van der Waals surface area contributed by atoms with Crippen molar-refractivity contribution in [1.82, 2.24) is 0 Å². The van der Waals surface area contributed by atoms with Gasteiger partial charge in [0.15, 0.2) is 0 Å². The van der Waals surface area contributed by atoms with Crippen LogP contribution in [-0.2, 0) is 6.61 Å². The van der Waals surface area contributed by atoms with Gasteiger partial charge in [0.1, 0.15) is 5.75 Å². The SMILES string of the molecule is C/C=C/C[C@H](O)c1cccc(OC)c1CO. The first-order valence-corrected chi connectivity index (χ1v) is 5.30. The third-order valence-corrected chi connectivity index (χ3v) is 2.50. The zero-order chi connectivity index (χ0) is 12.0. The maximum atomic E-state index is 9.97. The summed E-state index contributed by atoms with van der Waals surface area (Å²) in [6, 6.07) is 5.39. The van der Waals surface area contributed by atoms with Gasteiger partial charge in [0.05, 0.1) is 19.8 Å². The van der Waals surface area contributed by atoms with Crippen molar-refractivity contribution in [2.24, 2.45) is 0 Å². The van der Waals surface area contributed by atoms with Gasteiger partial charge in [-0.15, -0.1) is 0 Å². The number of benzene rings is 1. The molecule has 0 aliphatic rings. The third kappa shape index (κ3) is 2.84. The molecule has 0 saturated heterocycles. The van der Waals surface area contributed by atoms with Crippen LogP contribution in [0.15, 0.2) is 30.4 Å². The Balaban J connectivity index is 3.02. The van der Waals surface area contributed by atoms with Gasteiger partial charge < -0.3 is 14.9 Å². The average molecular weight is 222 g/mol. The molecular formula is C13H18O3. The van der Waals surface area contributed by atoms with Gasteiger partial charge >= 0.3 is 0 Å². The Labute approximate surface area is 96.0 Å². The summed E-state index contributed by atoms with van der Waals surface area (Å²) in [6.07, 6.45) is 3.72. The fourth-order valence-corrected chi connectivity index (χ4v) is 1.65. The van der Waals surface area contributed by atoms with Crippen LogP contribution in [0.5, 0.6) is 5.75 Å². The van der Waals surface area contributed by atoms with Gasteiger partial charge in [0.2, 0.25) is 0 Å². The van der Waals surface area contributed by atoms with Crippen LogP contribution in [0.25, 0.3) is 0 Å². The minimum Gasteiger partial charge on any atom is -0.496 e. The van der Waals surface area contributed by atoms with Gasteiger partial charge in [-0.25, -0.2) is 0 Å². The molecule has 3 heteroatoms. The highest BCUT2D eigenvalue weighted by Crippen LogP contribution is 2.28. The molecule has 1 rings (SSSR count). The molecule has 0 heterocycles. The minimum atomic E-state index is -0.603. The molecule has 3 nitrogen and oxygen atoms in total. The maximum Gasteiger partial charge on any atom is 0.124 e. The largest absolute Gasteiger partial charge is 0.496 e. The summed E-state index contributed by atoms with van der Waals surface area (Å²) in [4.78, 5) is 0. The molecule has 1 aromatic carbocycles. The monoisotopic (exact) mass is 222 g/mol. The fourth-order valence-electron chi connectivity index (χ4n) is 1.65. The van der Waals surface area contributed by atoms with Gasteiger partial charge in [-0.05, 0) is 25.0 Å². The lowest BCUT2D eigenvalue weighted by Crippen LogP contribution is -2.03. The Bertz CT molecular complexity index is 358. The normalized spacial score (nSPS) is 13.0. The second-order valence-corrected chi connectivity index (χ2v) is 3.51. The summed E-state index contributed by atoms with van der Waals surface area (Å²) in [7, 11) is 1.55. The molecule has 0 spiro atoms. The van der Waals surface area contributed by atoms with Crippen molar-refractivity contribution in [3.05, 3.63) is 41.5 Å². The predicted octanol–water partition coefficient (Wildman–Crippen LogP) is 2.19. The van der Waals surface area contributed by atoms with Crippen molar-refractivity contribution in [2.75, 3.05) is 7.11 Å². The number of ether oxygens (including phenoxy) is 1. The van der Waals surface area contributed by atoms with Crippen LogP contribution in [-0.4, -0.2) is 17.3 Å². The topological polar surface area (TPSA) is 49.7 Å². The number of hydrogen-bond acceptors (Lipinski definition) is 3. The molecule has 1 atom stereocenters. The second-order valence-electron chi connectivity index (χ2n) is 3.51. The molecule has 0 amide bonds. The molecule has 0 aliphatic carbocycles. The Morgan fingerprint density at radius 3 is 2.75 bits per heavy atom. The lowest BCUT2D eigenvalue weighted by atomic mass is 9.99. The molecule has 0 unspecified atom stereocenters. The Morgan fingerprint density at radius 1 is 1.44 bits per heavy atom. The van der Waals surface area contributed by atoms with Crippen LogP contribution in [0.2, 0.25) is 0 Å². The van der Waals surface area contributed by atoms with Crippen LogP contribution >= 0.6 is 0 Å². The molecule has 88 valence electrons. The minimum absolute atomic E-state index is 0.133. The Hall–Kier alpha value is -1.32. The van der Waals surface area contributed by atoms with Crippen molar-refractivity contribution in [1.29, 1.82) is 0 Å². The standard InChI is InChI=1S/C13H18O3/c1-3-4-7-12(15)10-6-5-8-13(16-2)11(10)9-14/h3-6,8,12,14-15H,7,9H2,1-2H3/b4-3+/t12-/m0/s1. The van der Waals surface area contributed by atoms with E-state index in [9.17, 15) is 10.2 Å². The summed E-state index contributed by atoms with van der Waals surface area (Å²) >= 11 is 0. The number of rotatable bonds is 5. The summed E-state index contributed by atoms with van der Waals surface area (Å²) in [5.41, 5.74) is 1.38. The second kappa shape index (κ2) is 6.30. The molecule has 0 bridgehead atoms. The van der Waals surface area contributed by atoms with Crippen molar-refractivity contribution >= 4 is 0 Å². The molecule has 0 radical (unpaired) electrons. The lowest BCUT2D eigenvalue weighted by Gasteiger charge is -2.15. The van der Waals surface area contributed by atoms with Gasteiger partial charge in [0.25, 0.3) is 0 Å². The van der Waals surface area contributed by atoms with Crippen LogP contribution in [0.4, 0.5) is 0 Å². The van der Waals surface area contributed by atoms with Crippen molar-refractivity contribution in [3.63, 3.8) is 0 Å². The number of allylic oxidation sites excluding steroid dienone is 1. The molecule has 0 saturated carbocycles. The molecule has 1 aromatic rings. The molecular weight excluding hydrogens is 204 g/mol. The molecule has 16 heavy (non-hydrogen) atoms. The fraction of sp³-hybridized carbons (Fsp3) is 0.385. The van der Waals surface area contributed by atoms with E-state index < -0.39 is 6.10 Å². The molecule has 0 aromatic heterocycles. The van der Waals surface area contributed by atoms with E-state index in [2.05, 4.69) is 0 Å². The molecule has 0 aliphatic heterocycles. The van der Waals surface area contributed by atoms with E-state index in [4.69, 9.17) is 4.74 Å². The van der Waals surface area contributed by atoms with Crippen molar-refractivity contribution < 1.29 is 14.9 Å². The van der Waals surface area contributed by atoms with Gasteiger partial charge in [-0.3, -0.25) is 0 Å². The summed E-state index contributed by atoms with van der Waals surface area (Å²) in [5, 5.41) is 19.3. The van der Waals surface area contributed by atoms with E-state index in [1.807, 2.05) is 31.2 Å². The zero-order valence-electron chi connectivity index (χ0n) is 9.68. The van der Waals surface area contributed by atoms with E-state index in [-0.39, 0.29) is 6.61 Å². The van der Waals surface area contributed by atoms with E-state index in [1.165, 1.54) is 0 Å². The van der Waals surface area contributed by atoms with Crippen LogP contribution in [0, 0.1) is 0 Å². The quantitative estimate of drug-likeness (QED) is 0.751. The predicted molar refractivity (Wildman–Crippen MR) is 63.3 cm³/mol. The zero-order valence-corrected chi connectivity index (χ0v) is 9.68. The van der Waals surface area contributed by atoms with Crippen LogP contribution in [0.1, 0.15) is 30.6 Å². The highest BCUT2D eigenvalue weighted by atomic mass is 16.5. The number of hydrogen-bond donors (Lipinski definition) is 2. The smallest absolute Gasteiger partial charge is 0.124 e. The Kier molecular flexibility index (Phi) is 5.02. The number of aliphatic hydroxyl groups is 2. The molecule has 2 N–H and O–H groups in total. The lowest BCUT2D eigenvalue weighted by molar-refractivity contribution is 0.175. The van der Waals surface area contributed by atoms with Crippen LogP contribution in [0.3, 0.4) is 0 Å². The van der Waals surface area contributed by atoms with E-state index in [1.54, 1.807) is 13.2 Å². The first kappa shape index (κ1) is 12.7.